The lowest BCUT2D eigenvalue weighted by Gasteiger charge is -2.16. The molecular formula is C20H20S2. The zero-order valence-corrected chi connectivity index (χ0v) is 14.3. The first-order valence-electron chi connectivity index (χ1n) is 7.55. The Kier molecular flexibility index (Phi) is 5.12. The van der Waals surface area contributed by atoms with E-state index < -0.39 is 0 Å². The summed E-state index contributed by atoms with van der Waals surface area (Å²) in [5, 5.41) is 0. The topological polar surface area (TPSA) is 0 Å². The van der Waals surface area contributed by atoms with E-state index in [9.17, 15) is 0 Å². The van der Waals surface area contributed by atoms with E-state index in [1.54, 1.807) is 0 Å². The van der Waals surface area contributed by atoms with Crippen molar-refractivity contribution in [1.29, 1.82) is 0 Å². The smallest absolute Gasteiger partial charge is 0.0214 e. The molecule has 0 nitrogen and oxygen atoms in total. The van der Waals surface area contributed by atoms with Gasteiger partial charge in [-0.2, -0.15) is 0 Å². The molecule has 0 amide bonds. The fourth-order valence-corrected chi connectivity index (χ4v) is 4.77. The van der Waals surface area contributed by atoms with E-state index in [4.69, 9.17) is 0 Å². The Labute approximate surface area is 141 Å². The van der Waals surface area contributed by atoms with E-state index in [-0.39, 0.29) is 0 Å². The lowest BCUT2D eigenvalue weighted by molar-refractivity contribution is 1.08. The van der Waals surface area contributed by atoms with Gasteiger partial charge in [-0.1, -0.05) is 49.6 Å². The van der Waals surface area contributed by atoms with Gasteiger partial charge in [0.25, 0.3) is 0 Å². The average molecular weight is 325 g/mol. The Morgan fingerprint density at radius 3 is 2.14 bits per heavy atom. The number of fused-ring (bicyclic) bond motifs is 1. The summed E-state index contributed by atoms with van der Waals surface area (Å²) in [5.41, 5.74) is 4.89. The maximum absolute atomic E-state index is 4.28. The van der Waals surface area contributed by atoms with Crippen molar-refractivity contribution < 1.29 is 0 Å². The SMILES string of the molecule is C=C(CCC(=C)c1ccc2c(c1)SCCS2)c1ccccc1. The van der Waals surface area contributed by atoms with E-state index >= 15 is 0 Å². The summed E-state index contributed by atoms with van der Waals surface area (Å²) in [6.45, 7) is 8.49. The normalized spacial score (nSPS) is 13.5. The maximum Gasteiger partial charge on any atom is 0.0214 e. The lowest BCUT2D eigenvalue weighted by atomic mass is 9.97. The van der Waals surface area contributed by atoms with Crippen molar-refractivity contribution in [3.8, 4) is 0 Å². The third-order valence-electron chi connectivity index (χ3n) is 3.86. The Morgan fingerprint density at radius 2 is 1.41 bits per heavy atom. The van der Waals surface area contributed by atoms with Crippen LogP contribution in [-0.2, 0) is 0 Å². The van der Waals surface area contributed by atoms with Gasteiger partial charge in [0.15, 0.2) is 0 Å². The molecule has 1 aliphatic rings. The van der Waals surface area contributed by atoms with Gasteiger partial charge in [-0.05, 0) is 47.2 Å². The van der Waals surface area contributed by atoms with E-state index in [1.165, 1.54) is 43.6 Å². The summed E-state index contributed by atoms with van der Waals surface area (Å²) in [7, 11) is 0. The standard InChI is InChI=1S/C20H20S2/c1-15(17-6-4-3-5-7-17)8-9-16(2)18-10-11-19-20(14-18)22-13-12-21-19/h3-7,10-11,14H,1-2,8-9,12-13H2. The third-order valence-corrected chi connectivity index (χ3v) is 6.38. The highest BCUT2D eigenvalue weighted by molar-refractivity contribution is 8.05. The van der Waals surface area contributed by atoms with Gasteiger partial charge in [0, 0.05) is 21.3 Å². The van der Waals surface area contributed by atoms with Crippen molar-refractivity contribution in [3.05, 3.63) is 72.8 Å². The minimum Gasteiger partial charge on any atom is -0.124 e. The van der Waals surface area contributed by atoms with E-state index in [2.05, 4.69) is 55.6 Å². The van der Waals surface area contributed by atoms with Gasteiger partial charge in [0.2, 0.25) is 0 Å². The minimum atomic E-state index is 0.960. The second-order valence-corrected chi connectivity index (χ2v) is 7.71. The van der Waals surface area contributed by atoms with Crippen LogP contribution in [0.1, 0.15) is 24.0 Å². The molecule has 0 aromatic heterocycles. The zero-order valence-electron chi connectivity index (χ0n) is 12.7. The quantitative estimate of drug-likeness (QED) is 0.625. The van der Waals surface area contributed by atoms with Gasteiger partial charge >= 0.3 is 0 Å². The van der Waals surface area contributed by atoms with Crippen LogP contribution in [0.4, 0.5) is 0 Å². The van der Waals surface area contributed by atoms with Gasteiger partial charge in [0.1, 0.15) is 0 Å². The Morgan fingerprint density at radius 1 is 0.773 bits per heavy atom. The predicted molar refractivity (Wildman–Crippen MR) is 102 cm³/mol. The Balaban J connectivity index is 1.64. The second-order valence-electron chi connectivity index (χ2n) is 5.43. The van der Waals surface area contributed by atoms with Crippen LogP contribution in [0, 0.1) is 0 Å². The summed E-state index contributed by atoms with van der Waals surface area (Å²) in [6.07, 6.45) is 1.92. The maximum atomic E-state index is 4.28. The van der Waals surface area contributed by atoms with Crippen LogP contribution >= 0.6 is 23.5 Å². The number of thioether (sulfide) groups is 2. The molecule has 2 aromatic carbocycles. The molecule has 3 rings (SSSR count). The molecule has 0 bridgehead atoms. The fourth-order valence-electron chi connectivity index (χ4n) is 2.53. The Bertz CT molecular complexity index is 686. The van der Waals surface area contributed by atoms with Crippen LogP contribution < -0.4 is 0 Å². The molecule has 0 saturated carbocycles. The molecule has 112 valence electrons. The molecule has 1 aliphatic heterocycles. The Hall–Kier alpha value is -1.38. The van der Waals surface area contributed by atoms with Crippen molar-refractivity contribution in [2.75, 3.05) is 11.5 Å². The molecule has 0 N–H and O–H groups in total. The van der Waals surface area contributed by atoms with E-state index in [0.29, 0.717) is 0 Å². The molecule has 0 radical (unpaired) electrons. The largest absolute Gasteiger partial charge is 0.124 e. The predicted octanol–water partition coefficient (Wildman–Crippen LogP) is 6.39. The van der Waals surface area contributed by atoms with Crippen LogP contribution in [0.3, 0.4) is 0 Å². The molecule has 22 heavy (non-hydrogen) atoms. The van der Waals surface area contributed by atoms with Crippen LogP contribution in [-0.4, -0.2) is 11.5 Å². The summed E-state index contributed by atoms with van der Waals surface area (Å²) >= 11 is 3.92. The molecule has 0 spiro atoms. The highest BCUT2D eigenvalue weighted by atomic mass is 32.2. The monoisotopic (exact) mass is 324 g/mol. The first kappa shape index (κ1) is 15.5. The van der Waals surface area contributed by atoms with Crippen LogP contribution in [0.5, 0.6) is 0 Å². The number of allylic oxidation sites excluding steroid dienone is 2. The number of hydrogen-bond acceptors (Lipinski definition) is 2. The molecule has 0 aliphatic carbocycles. The summed E-state index contributed by atoms with van der Waals surface area (Å²) in [6, 6.07) is 17.2. The summed E-state index contributed by atoms with van der Waals surface area (Å²) in [5.74, 6) is 2.42. The zero-order chi connectivity index (χ0) is 15.4. The van der Waals surface area contributed by atoms with Gasteiger partial charge in [-0.15, -0.1) is 23.5 Å². The average Bonchev–Trinajstić information content (AvgIpc) is 2.59. The van der Waals surface area contributed by atoms with Crippen LogP contribution in [0.15, 0.2) is 71.5 Å². The summed E-state index contributed by atoms with van der Waals surface area (Å²) in [4.78, 5) is 2.83. The van der Waals surface area contributed by atoms with Crippen molar-refractivity contribution in [3.63, 3.8) is 0 Å². The third kappa shape index (κ3) is 3.68. The van der Waals surface area contributed by atoms with Crippen molar-refractivity contribution >= 4 is 34.7 Å². The minimum absolute atomic E-state index is 0.960. The molecule has 0 unspecified atom stereocenters. The van der Waals surface area contributed by atoms with Crippen molar-refractivity contribution in [1.82, 2.24) is 0 Å². The van der Waals surface area contributed by atoms with Crippen molar-refractivity contribution in [2.45, 2.75) is 22.6 Å². The highest BCUT2D eigenvalue weighted by Gasteiger charge is 2.11. The van der Waals surface area contributed by atoms with Crippen LogP contribution in [0.25, 0.3) is 11.1 Å². The molecule has 0 saturated heterocycles. The van der Waals surface area contributed by atoms with Gasteiger partial charge < -0.3 is 0 Å². The number of rotatable bonds is 5. The molecule has 2 heteroatoms. The second kappa shape index (κ2) is 7.26. The number of benzene rings is 2. The van der Waals surface area contributed by atoms with Crippen LogP contribution in [0.2, 0.25) is 0 Å². The first-order chi connectivity index (χ1) is 10.7. The van der Waals surface area contributed by atoms with Gasteiger partial charge in [-0.25, -0.2) is 0 Å². The first-order valence-corrected chi connectivity index (χ1v) is 9.52. The molecule has 0 fully saturated rings. The highest BCUT2D eigenvalue weighted by Crippen LogP contribution is 2.38. The molecule has 2 aromatic rings. The molecule has 0 atom stereocenters. The summed E-state index contributed by atoms with van der Waals surface area (Å²) < 4.78 is 0. The van der Waals surface area contributed by atoms with Crippen molar-refractivity contribution in [2.24, 2.45) is 0 Å². The lowest BCUT2D eigenvalue weighted by Crippen LogP contribution is -1.95. The van der Waals surface area contributed by atoms with E-state index in [0.717, 1.165) is 12.8 Å². The van der Waals surface area contributed by atoms with Gasteiger partial charge in [-0.3, -0.25) is 0 Å². The molecule has 1 heterocycles. The van der Waals surface area contributed by atoms with E-state index in [1.807, 2.05) is 29.6 Å². The van der Waals surface area contributed by atoms with Gasteiger partial charge in [0.05, 0.1) is 0 Å². The number of hydrogen-bond donors (Lipinski definition) is 0. The fraction of sp³-hybridized carbons (Fsp3) is 0.200. The molecular weight excluding hydrogens is 304 g/mol.